The highest BCUT2D eigenvalue weighted by Crippen LogP contribution is 2.25. The van der Waals surface area contributed by atoms with Gasteiger partial charge in [0, 0.05) is 22.5 Å². The first kappa shape index (κ1) is 11.4. The fourth-order valence-corrected chi connectivity index (χ4v) is 1.78. The molecule has 16 heavy (non-hydrogen) atoms. The van der Waals surface area contributed by atoms with Gasteiger partial charge in [-0.15, -0.1) is 0 Å². The molecule has 0 radical (unpaired) electrons. The number of halogens is 1. The number of hydrogen-bond acceptors (Lipinski definition) is 3. The molecule has 0 aliphatic heterocycles. The Labute approximate surface area is 103 Å². The van der Waals surface area contributed by atoms with Gasteiger partial charge in [0.2, 0.25) is 5.89 Å². The fourth-order valence-electron chi connectivity index (χ4n) is 1.39. The summed E-state index contributed by atoms with van der Waals surface area (Å²) in [5.74, 6) is 1.67. The van der Waals surface area contributed by atoms with E-state index in [1.165, 1.54) is 0 Å². The van der Waals surface area contributed by atoms with E-state index in [-0.39, 0.29) is 5.92 Å². The number of hydrogen-bond donors (Lipinski definition) is 1. The monoisotopic (exact) mass is 280 g/mol. The van der Waals surface area contributed by atoms with Crippen LogP contribution in [0.25, 0.3) is 11.5 Å². The van der Waals surface area contributed by atoms with Gasteiger partial charge < -0.3 is 10.2 Å². The third-order valence-electron chi connectivity index (χ3n) is 2.43. The standard InChI is InChI=1S/C12H13BrN2O/c1-8(6-14)11-7-15-12(16-11)9-3-2-4-10(13)5-9/h2-5,7-8H,6,14H2,1H3. The van der Waals surface area contributed by atoms with E-state index in [2.05, 4.69) is 20.9 Å². The van der Waals surface area contributed by atoms with Gasteiger partial charge in [-0.25, -0.2) is 4.98 Å². The summed E-state index contributed by atoms with van der Waals surface area (Å²) in [6.07, 6.45) is 1.74. The largest absolute Gasteiger partial charge is 0.441 e. The third-order valence-corrected chi connectivity index (χ3v) is 2.93. The van der Waals surface area contributed by atoms with Crippen LogP contribution in [-0.4, -0.2) is 11.5 Å². The van der Waals surface area contributed by atoms with E-state index in [0.29, 0.717) is 12.4 Å². The Kier molecular flexibility index (Phi) is 3.41. The maximum Gasteiger partial charge on any atom is 0.226 e. The summed E-state index contributed by atoms with van der Waals surface area (Å²) in [6.45, 7) is 2.58. The van der Waals surface area contributed by atoms with Crippen LogP contribution >= 0.6 is 15.9 Å². The Morgan fingerprint density at radius 2 is 2.31 bits per heavy atom. The molecular formula is C12H13BrN2O. The van der Waals surface area contributed by atoms with Crippen molar-refractivity contribution in [3.8, 4) is 11.5 Å². The summed E-state index contributed by atoms with van der Waals surface area (Å²) in [5, 5.41) is 0. The normalized spacial score (nSPS) is 12.7. The van der Waals surface area contributed by atoms with Gasteiger partial charge in [-0.2, -0.15) is 0 Å². The van der Waals surface area contributed by atoms with Gasteiger partial charge >= 0.3 is 0 Å². The van der Waals surface area contributed by atoms with E-state index >= 15 is 0 Å². The fraction of sp³-hybridized carbons (Fsp3) is 0.250. The number of oxazole rings is 1. The van der Waals surface area contributed by atoms with Crippen LogP contribution in [0.4, 0.5) is 0 Å². The van der Waals surface area contributed by atoms with Crippen molar-refractivity contribution in [1.82, 2.24) is 4.98 Å². The van der Waals surface area contributed by atoms with Crippen LogP contribution in [0.5, 0.6) is 0 Å². The molecule has 0 aliphatic carbocycles. The molecule has 4 heteroatoms. The second kappa shape index (κ2) is 4.80. The number of nitrogens with two attached hydrogens (primary N) is 1. The smallest absolute Gasteiger partial charge is 0.226 e. The summed E-state index contributed by atoms with van der Waals surface area (Å²) in [7, 11) is 0. The minimum atomic E-state index is 0.202. The van der Waals surface area contributed by atoms with Gasteiger partial charge in [-0.05, 0) is 18.2 Å². The zero-order valence-electron chi connectivity index (χ0n) is 8.98. The van der Waals surface area contributed by atoms with Gasteiger partial charge in [0.15, 0.2) is 0 Å². The number of nitrogens with zero attached hydrogens (tertiary/aromatic N) is 1. The van der Waals surface area contributed by atoms with E-state index in [0.717, 1.165) is 15.8 Å². The molecule has 1 unspecified atom stereocenters. The van der Waals surface area contributed by atoms with Crippen molar-refractivity contribution in [3.05, 3.63) is 40.7 Å². The predicted octanol–water partition coefficient (Wildman–Crippen LogP) is 3.17. The van der Waals surface area contributed by atoms with E-state index in [1.807, 2.05) is 31.2 Å². The summed E-state index contributed by atoms with van der Waals surface area (Å²) in [6, 6.07) is 7.86. The quantitative estimate of drug-likeness (QED) is 0.940. The average Bonchev–Trinajstić information content (AvgIpc) is 2.77. The lowest BCUT2D eigenvalue weighted by Crippen LogP contribution is -2.07. The Morgan fingerprint density at radius 3 is 3.00 bits per heavy atom. The molecule has 1 aromatic heterocycles. The molecule has 1 heterocycles. The highest BCUT2D eigenvalue weighted by molar-refractivity contribution is 9.10. The van der Waals surface area contributed by atoms with Crippen molar-refractivity contribution in [3.63, 3.8) is 0 Å². The first-order valence-corrected chi connectivity index (χ1v) is 5.91. The van der Waals surface area contributed by atoms with Gasteiger partial charge in [0.1, 0.15) is 5.76 Å². The molecule has 0 aliphatic rings. The van der Waals surface area contributed by atoms with E-state index in [9.17, 15) is 0 Å². The van der Waals surface area contributed by atoms with Crippen LogP contribution in [0.15, 0.2) is 39.4 Å². The van der Waals surface area contributed by atoms with Crippen LogP contribution in [0.3, 0.4) is 0 Å². The van der Waals surface area contributed by atoms with Crippen LogP contribution in [-0.2, 0) is 0 Å². The van der Waals surface area contributed by atoms with Crippen molar-refractivity contribution in [1.29, 1.82) is 0 Å². The first-order valence-electron chi connectivity index (χ1n) is 5.12. The molecule has 1 atom stereocenters. The van der Waals surface area contributed by atoms with Gasteiger partial charge in [0.05, 0.1) is 6.20 Å². The Hall–Kier alpha value is -1.13. The average molecular weight is 281 g/mol. The summed E-state index contributed by atoms with van der Waals surface area (Å²) in [5.41, 5.74) is 6.54. The van der Waals surface area contributed by atoms with E-state index < -0.39 is 0 Å². The SMILES string of the molecule is CC(CN)c1cnc(-c2cccc(Br)c2)o1. The molecule has 0 bridgehead atoms. The molecule has 0 spiro atoms. The van der Waals surface area contributed by atoms with Gasteiger partial charge in [0.25, 0.3) is 0 Å². The maximum atomic E-state index is 5.67. The first-order chi connectivity index (χ1) is 7.70. The Bertz CT molecular complexity index is 481. The van der Waals surface area contributed by atoms with Crippen molar-refractivity contribution >= 4 is 15.9 Å². The Balaban J connectivity index is 2.31. The Morgan fingerprint density at radius 1 is 1.50 bits per heavy atom. The van der Waals surface area contributed by atoms with Crippen molar-refractivity contribution in [2.45, 2.75) is 12.8 Å². The number of benzene rings is 1. The second-order valence-corrected chi connectivity index (χ2v) is 4.63. The molecule has 1 aromatic carbocycles. The van der Waals surface area contributed by atoms with Crippen molar-refractivity contribution in [2.75, 3.05) is 6.54 Å². The van der Waals surface area contributed by atoms with E-state index in [1.54, 1.807) is 6.20 Å². The van der Waals surface area contributed by atoms with Gasteiger partial charge in [-0.1, -0.05) is 28.9 Å². The minimum Gasteiger partial charge on any atom is -0.441 e. The summed E-state index contributed by atoms with van der Waals surface area (Å²) in [4.78, 5) is 4.25. The molecule has 0 amide bonds. The highest BCUT2D eigenvalue weighted by Gasteiger charge is 2.11. The molecule has 2 rings (SSSR count). The maximum absolute atomic E-state index is 5.67. The highest BCUT2D eigenvalue weighted by atomic mass is 79.9. The molecule has 0 fully saturated rings. The van der Waals surface area contributed by atoms with Crippen LogP contribution in [0.2, 0.25) is 0 Å². The number of rotatable bonds is 3. The van der Waals surface area contributed by atoms with Crippen LogP contribution in [0.1, 0.15) is 18.6 Å². The molecule has 0 saturated carbocycles. The molecule has 0 saturated heterocycles. The lowest BCUT2D eigenvalue weighted by atomic mass is 10.1. The van der Waals surface area contributed by atoms with Crippen molar-refractivity contribution in [2.24, 2.45) is 5.73 Å². The van der Waals surface area contributed by atoms with Crippen molar-refractivity contribution < 1.29 is 4.42 Å². The summed E-state index contributed by atoms with van der Waals surface area (Å²) >= 11 is 3.42. The summed E-state index contributed by atoms with van der Waals surface area (Å²) < 4.78 is 6.68. The minimum absolute atomic E-state index is 0.202. The van der Waals surface area contributed by atoms with Crippen LogP contribution < -0.4 is 5.73 Å². The lowest BCUT2D eigenvalue weighted by molar-refractivity contribution is 0.485. The second-order valence-electron chi connectivity index (χ2n) is 3.71. The molecule has 2 N–H and O–H groups in total. The third kappa shape index (κ3) is 2.33. The lowest BCUT2D eigenvalue weighted by Gasteiger charge is -2.02. The molecule has 84 valence electrons. The number of aromatic nitrogens is 1. The predicted molar refractivity (Wildman–Crippen MR) is 67.1 cm³/mol. The van der Waals surface area contributed by atoms with E-state index in [4.69, 9.17) is 10.2 Å². The zero-order chi connectivity index (χ0) is 11.5. The van der Waals surface area contributed by atoms with Gasteiger partial charge in [-0.3, -0.25) is 0 Å². The molecule has 2 aromatic rings. The molecular weight excluding hydrogens is 268 g/mol. The molecule has 3 nitrogen and oxygen atoms in total. The zero-order valence-corrected chi connectivity index (χ0v) is 10.6. The topological polar surface area (TPSA) is 52.0 Å². The van der Waals surface area contributed by atoms with Crippen LogP contribution in [0, 0.1) is 0 Å².